The van der Waals surface area contributed by atoms with E-state index in [9.17, 15) is 14.9 Å². The molecule has 0 bridgehead atoms. The average molecular weight is 704 g/mol. The summed E-state index contributed by atoms with van der Waals surface area (Å²) in [6, 6.07) is 25.8. The van der Waals surface area contributed by atoms with E-state index in [-0.39, 0.29) is 30.0 Å². The number of imidazole rings is 1. The number of halogens is 2. The lowest BCUT2D eigenvalue weighted by Crippen LogP contribution is -2.50. The third-order valence-corrected chi connectivity index (χ3v) is 9.34. The predicted octanol–water partition coefficient (Wildman–Crippen LogP) is 8.27. The molecule has 2 N–H and O–H groups in total. The number of aromatic nitrogens is 2. The molecule has 1 heterocycles. The Balaban J connectivity index is 1.35. The number of nitro groups is 1. The molecule has 0 aliphatic carbocycles. The van der Waals surface area contributed by atoms with Crippen LogP contribution in [0, 0.1) is 16.0 Å². The first-order valence-electron chi connectivity index (χ1n) is 15.6. The van der Waals surface area contributed by atoms with Crippen LogP contribution >= 0.6 is 35.4 Å². The van der Waals surface area contributed by atoms with E-state index in [1.165, 1.54) is 12.1 Å². The first-order valence-corrected chi connectivity index (χ1v) is 16.8. The molecule has 0 aliphatic heterocycles. The molecule has 0 unspecified atom stereocenters. The van der Waals surface area contributed by atoms with Gasteiger partial charge in [0.2, 0.25) is 5.91 Å². The van der Waals surface area contributed by atoms with Crippen molar-refractivity contribution >= 4 is 68.6 Å². The van der Waals surface area contributed by atoms with E-state index >= 15 is 0 Å². The second-order valence-corrected chi connectivity index (χ2v) is 13.0. The van der Waals surface area contributed by atoms with Crippen molar-refractivity contribution in [2.75, 3.05) is 11.9 Å². The number of hydrogen-bond acceptors (Lipinski definition) is 5. The van der Waals surface area contributed by atoms with Crippen LogP contribution in [0.25, 0.3) is 10.8 Å². The number of benzene rings is 4. The van der Waals surface area contributed by atoms with Crippen molar-refractivity contribution in [3.05, 3.63) is 134 Å². The van der Waals surface area contributed by atoms with Gasteiger partial charge >= 0.3 is 0 Å². The molecule has 2 atom stereocenters. The van der Waals surface area contributed by atoms with Crippen molar-refractivity contribution in [3.63, 3.8) is 0 Å². The molecule has 48 heavy (non-hydrogen) atoms. The molecule has 1 aromatic heterocycles. The van der Waals surface area contributed by atoms with Crippen LogP contribution in [0.2, 0.25) is 10.0 Å². The maximum Gasteiger partial charge on any atom is 0.269 e. The van der Waals surface area contributed by atoms with E-state index < -0.39 is 4.92 Å². The van der Waals surface area contributed by atoms with E-state index in [1.807, 2.05) is 22.8 Å². The maximum absolute atomic E-state index is 13.6. The summed E-state index contributed by atoms with van der Waals surface area (Å²) in [7, 11) is 0. The molecule has 12 heteroatoms. The molecule has 0 radical (unpaired) electrons. The van der Waals surface area contributed by atoms with E-state index in [0.29, 0.717) is 40.5 Å². The molecule has 5 aromatic rings. The van der Waals surface area contributed by atoms with Crippen LogP contribution in [0.1, 0.15) is 37.1 Å². The quantitative estimate of drug-likeness (QED) is 0.0723. The van der Waals surface area contributed by atoms with E-state index in [2.05, 4.69) is 58.6 Å². The fourth-order valence-electron chi connectivity index (χ4n) is 5.51. The predicted molar refractivity (Wildman–Crippen MR) is 197 cm³/mol. The zero-order valence-electron chi connectivity index (χ0n) is 26.6. The largest absolute Gasteiger partial charge is 0.351 e. The summed E-state index contributed by atoms with van der Waals surface area (Å²) >= 11 is 18.6. The zero-order valence-corrected chi connectivity index (χ0v) is 28.9. The Morgan fingerprint density at radius 1 is 1.06 bits per heavy atom. The summed E-state index contributed by atoms with van der Waals surface area (Å²) < 4.78 is 1.88. The summed E-state index contributed by atoms with van der Waals surface area (Å²) in [5.41, 5.74) is 3.36. The monoisotopic (exact) mass is 702 g/mol. The Morgan fingerprint density at radius 2 is 1.81 bits per heavy atom. The Bertz CT molecular complexity index is 1910. The number of nitro benzene ring substituents is 1. The summed E-state index contributed by atoms with van der Waals surface area (Å²) in [5, 5.41) is 21.3. The van der Waals surface area contributed by atoms with Gasteiger partial charge in [-0.1, -0.05) is 98.1 Å². The van der Waals surface area contributed by atoms with E-state index in [0.717, 1.165) is 34.0 Å². The molecule has 0 saturated heterocycles. The molecule has 9 nitrogen and oxygen atoms in total. The van der Waals surface area contributed by atoms with Crippen LogP contribution < -0.4 is 10.6 Å². The van der Waals surface area contributed by atoms with E-state index in [4.69, 9.17) is 35.4 Å². The molecule has 248 valence electrons. The second kappa shape index (κ2) is 16.1. The maximum atomic E-state index is 13.6. The van der Waals surface area contributed by atoms with Gasteiger partial charge in [-0.3, -0.25) is 14.9 Å². The summed E-state index contributed by atoms with van der Waals surface area (Å²) in [4.78, 5) is 30.5. The SMILES string of the molecule is CC[C@H](C)[C@@H](CN(Cc1cccc2ccccc12)C(=S)Nc1ccc(Cl)cc1Cl)NC(=O)Cc1cncn1Cc1ccc([N+](=O)[O-])cc1. The van der Waals surface area contributed by atoms with Crippen molar-refractivity contribution < 1.29 is 9.72 Å². The minimum Gasteiger partial charge on any atom is -0.351 e. The highest BCUT2D eigenvalue weighted by Crippen LogP contribution is 2.27. The molecule has 1 amide bonds. The first kappa shape index (κ1) is 34.8. The van der Waals surface area contributed by atoms with Crippen molar-refractivity contribution in [1.29, 1.82) is 0 Å². The normalized spacial score (nSPS) is 12.3. The topological polar surface area (TPSA) is 105 Å². The highest BCUT2D eigenvalue weighted by molar-refractivity contribution is 7.80. The number of thiocarbonyl (C=S) groups is 1. The molecule has 0 spiro atoms. The van der Waals surface area contributed by atoms with Gasteiger partial charge in [0.15, 0.2) is 5.11 Å². The van der Waals surface area contributed by atoms with Gasteiger partial charge in [0, 0.05) is 54.7 Å². The third-order valence-electron chi connectivity index (χ3n) is 8.44. The zero-order chi connectivity index (χ0) is 34.2. The molecule has 0 fully saturated rings. The van der Waals surface area contributed by atoms with Gasteiger partial charge in [0.25, 0.3) is 5.69 Å². The number of fused-ring (bicyclic) bond motifs is 1. The van der Waals surface area contributed by atoms with E-state index in [1.54, 1.807) is 42.9 Å². The van der Waals surface area contributed by atoms with Gasteiger partial charge in [-0.25, -0.2) is 4.98 Å². The number of nitrogens with zero attached hydrogens (tertiary/aromatic N) is 4. The van der Waals surface area contributed by atoms with Crippen molar-refractivity contribution in [1.82, 2.24) is 19.8 Å². The molecule has 0 saturated carbocycles. The fraction of sp³-hybridized carbons (Fsp3) is 0.250. The second-order valence-electron chi connectivity index (χ2n) is 11.7. The summed E-state index contributed by atoms with van der Waals surface area (Å²) in [6.45, 7) is 5.60. The van der Waals surface area contributed by atoms with Crippen molar-refractivity contribution in [2.24, 2.45) is 5.92 Å². The Labute approximate surface area is 295 Å². The van der Waals surface area contributed by atoms with Gasteiger partial charge in [-0.05, 0) is 58.2 Å². The van der Waals surface area contributed by atoms with Gasteiger partial charge in [-0.15, -0.1) is 0 Å². The minimum absolute atomic E-state index is 0.0282. The first-order chi connectivity index (χ1) is 23.1. The number of carbonyl (C=O) groups excluding carboxylic acids is 1. The molecular weight excluding hydrogens is 667 g/mol. The van der Waals surface area contributed by atoms with Crippen molar-refractivity contribution in [3.8, 4) is 0 Å². The van der Waals surface area contributed by atoms with Crippen LogP contribution in [0.5, 0.6) is 0 Å². The molecule has 4 aromatic carbocycles. The van der Waals surface area contributed by atoms with Crippen LogP contribution in [0.3, 0.4) is 0 Å². The van der Waals surface area contributed by atoms with Gasteiger partial charge < -0.3 is 20.1 Å². The number of anilines is 1. The number of rotatable bonds is 13. The van der Waals surface area contributed by atoms with Crippen LogP contribution in [0.4, 0.5) is 11.4 Å². The summed E-state index contributed by atoms with van der Waals surface area (Å²) in [5.74, 6) is -0.00797. The van der Waals surface area contributed by atoms with Crippen LogP contribution in [0.15, 0.2) is 97.5 Å². The highest BCUT2D eigenvalue weighted by atomic mass is 35.5. The standard InChI is InChI=1S/C36H36Cl2N6O3S/c1-3-24(2)34(40-35(45)18-30-19-39-23-43(30)20-25-11-14-29(15-12-25)44(46)47)22-42(36(48)41-33-16-13-28(37)17-32(33)38)21-27-9-6-8-26-7-4-5-10-31(26)27/h4-17,19,23-24,34H,3,18,20-22H2,1-2H3,(H,40,45)(H,41,48)/t24-,34+/m0/s1. The van der Waals surface area contributed by atoms with Crippen molar-refractivity contribution in [2.45, 2.75) is 45.8 Å². The molecule has 0 aliphatic rings. The lowest BCUT2D eigenvalue weighted by atomic mass is 9.97. The van der Waals surface area contributed by atoms with Gasteiger partial charge in [-0.2, -0.15) is 0 Å². The Kier molecular flexibility index (Phi) is 11.6. The smallest absolute Gasteiger partial charge is 0.269 e. The van der Waals surface area contributed by atoms with Gasteiger partial charge in [0.1, 0.15) is 0 Å². The highest BCUT2D eigenvalue weighted by Gasteiger charge is 2.25. The lowest BCUT2D eigenvalue weighted by molar-refractivity contribution is -0.384. The number of nitrogens with one attached hydrogen (secondary N) is 2. The third kappa shape index (κ3) is 8.89. The Hall–Kier alpha value is -4.51. The molecular formula is C36H36Cl2N6O3S. The number of hydrogen-bond donors (Lipinski definition) is 2. The lowest BCUT2D eigenvalue weighted by Gasteiger charge is -2.33. The number of carbonyl (C=O) groups is 1. The van der Waals surface area contributed by atoms with Crippen LogP contribution in [-0.4, -0.2) is 43.0 Å². The van der Waals surface area contributed by atoms with Gasteiger partial charge in [0.05, 0.1) is 28.4 Å². The number of amides is 1. The fourth-order valence-corrected chi connectivity index (χ4v) is 6.21. The number of non-ortho nitro benzene ring substituents is 1. The summed E-state index contributed by atoms with van der Waals surface area (Å²) in [6.07, 6.45) is 4.29. The minimum atomic E-state index is -0.427. The molecule has 5 rings (SSSR count). The Morgan fingerprint density at radius 3 is 2.54 bits per heavy atom. The average Bonchev–Trinajstić information content (AvgIpc) is 3.50. The van der Waals surface area contributed by atoms with Crippen LogP contribution in [-0.2, 0) is 24.3 Å².